The Morgan fingerprint density at radius 1 is 0.418 bits per heavy atom. The molecule has 4 nitrogen and oxygen atoms in total. The largest absolute Gasteiger partial charge is 0.456 e. The van der Waals surface area contributed by atoms with Gasteiger partial charge in [0.2, 0.25) is 0 Å². The van der Waals surface area contributed by atoms with Crippen LogP contribution in [0.1, 0.15) is 17.9 Å². The van der Waals surface area contributed by atoms with Crippen LogP contribution in [0.3, 0.4) is 0 Å². The molecule has 0 saturated heterocycles. The van der Waals surface area contributed by atoms with Gasteiger partial charge in [0.25, 0.3) is 0 Å². The first-order valence-corrected chi connectivity index (χ1v) is 18.7. The van der Waals surface area contributed by atoms with Gasteiger partial charge in [0.15, 0.2) is 17.5 Å². The topological polar surface area (TPSA) is 51.8 Å². The summed E-state index contributed by atoms with van der Waals surface area (Å²) in [5.41, 5.74) is 12.7. The van der Waals surface area contributed by atoms with E-state index in [1.807, 2.05) is 48.5 Å². The Morgan fingerprint density at radius 2 is 0.982 bits per heavy atom. The summed E-state index contributed by atoms with van der Waals surface area (Å²) in [5.74, 6) is 2.20. The number of furan rings is 1. The quantitative estimate of drug-likeness (QED) is 0.166. The first-order valence-electron chi connectivity index (χ1n) is 18.7. The van der Waals surface area contributed by atoms with Crippen LogP contribution in [0.5, 0.6) is 0 Å². The minimum atomic E-state index is 0.322. The predicted molar refractivity (Wildman–Crippen MR) is 225 cm³/mol. The standard InChI is InChI=1S/C51H35N3O/c1-4-12-34(13-5-1)36-22-24-37(25-23-36)38-26-28-39(29-27-38)42-30-31-46-45(33-42)48-44(20-11-21-47(48)55-46)51-53-49(40-16-8-3-9-17-40)52-50(54-51)43-19-10-18-41(32-43)35-14-6-2-7-15-35/h1-14,16-33,35H,15H2. The number of fused-ring (bicyclic) bond motifs is 3. The lowest BCUT2D eigenvalue weighted by Crippen LogP contribution is -2.01. The van der Waals surface area contributed by atoms with Gasteiger partial charge in [-0.2, -0.15) is 0 Å². The smallest absolute Gasteiger partial charge is 0.164 e. The van der Waals surface area contributed by atoms with E-state index in [0.717, 1.165) is 56.2 Å². The predicted octanol–water partition coefficient (Wildman–Crippen LogP) is 13.4. The lowest BCUT2D eigenvalue weighted by atomic mass is 9.91. The van der Waals surface area contributed by atoms with Crippen molar-refractivity contribution in [3.8, 4) is 67.5 Å². The monoisotopic (exact) mass is 705 g/mol. The van der Waals surface area contributed by atoms with E-state index >= 15 is 0 Å². The summed E-state index contributed by atoms with van der Waals surface area (Å²) in [7, 11) is 0. The molecule has 2 heterocycles. The molecule has 2 aromatic heterocycles. The molecule has 55 heavy (non-hydrogen) atoms. The Balaban J connectivity index is 1.04. The van der Waals surface area contributed by atoms with Crippen LogP contribution in [0.4, 0.5) is 0 Å². The van der Waals surface area contributed by atoms with Crippen LogP contribution in [-0.2, 0) is 0 Å². The van der Waals surface area contributed by atoms with E-state index in [9.17, 15) is 0 Å². The number of hydrogen-bond donors (Lipinski definition) is 0. The summed E-state index contributed by atoms with van der Waals surface area (Å²) in [6.45, 7) is 0. The van der Waals surface area contributed by atoms with E-state index in [1.54, 1.807) is 0 Å². The average molecular weight is 706 g/mol. The molecule has 0 N–H and O–H groups in total. The Morgan fingerprint density at radius 3 is 1.65 bits per heavy atom. The molecule has 0 bridgehead atoms. The van der Waals surface area contributed by atoms with Crippen molar-refractivity contribution >= 4 is 21.9 Å². The van der Waals surface area contributed by atoms with Gasteiger partial charge in [-0.25, -0.2) is 15.0 Å². The zero-order valence-electron chi connectivity index (χ0n) is 30.0. The van der Waals surface area contributed by atoms with E-state index in [0.29, 0.717) is 23.4 Å². The van der Waals surface area contributed by atoms with Crippen LogP contribution in [0.25, 0.3) is 89.5 Å². The fourth-order valence-electron chi connectivity index (χ4n) is 7.61. The fraction of sp³-hybridized carbons (Fsp3) is 0.0392. The number of nitrogens with zero attached hydrogens (tertiary/aromatic N) is 3. The molecule has 4 heteroatoms. The zero-order chi connectivity index (χ0) is 36.6. The highest BCUT2D eigenvalue weighted by Crippen LogP contribution is 2.39. The number of allylic oxidation sites excluding steroid dienone is 4. The number of benzene rings is 7. The van der Waals surface area contributed by atoms with Crippen LogP contribution in [0, 0.1) is 0 Å². The Kier molecular flexibility index (Phi) is 8.27. The third-order valence-electron chi connectivity index (χ3n) is 10.5. The van der Waals surface area contributed by atoms with Gasteiger partial charge in [-0.15, -0.1) is 0 Å². The summed E-state index contributed by atoms with van der Waals surface area (Å²) in [5, 5.41) is 2.00. The summed E-state index contributed by atoms with van der Waals surface area (Å²) in [6, 6.07) is 59.3. The summed E-state index contributed by atoms with van der Waals surface area (Å²) < 4.78 is 6.45. The number of hydrogen-bond acceptors (Lipinski definition) is 4. The molecular weight excluding hydrogens is 671 g/mol. The van der Waals surface area contributed by atoms with Crippen molar-refractivity contribution in [3.05, 3.63) is 200 Å². The first kappa shape index (κ1) is 32.5. The number of rotatable bonds is 7. The first-order chi connectivity index (χ1) is 27.2. The van der Waals surface area contributed by atoms with Crippen LogP contribution >= 0.6 is 0 Å². The van der Waals surface area contributed by atoms with Crippen molar-refractivity contribution in [1.29, 1.82) is 0 Å². The van der Waals surface area contributed by atoms with Crippen LogP contribution in [0.15, 0.2) is 199 Å². The molecule has 0 radical (unpaired) electrons. The van der Waals surface area contributed by atoms with Gasteiger partial charge in [-0.3, -0.25) is 0 Å². The summed E-state index contributed by atoms with van der Waals surface area (Å²) in [6.07, 6.45) is 9.68. The lowest BCUT2D eigenvalue weighted by molar-refractivity contribution is 0.669. The van der Waals surface area contributed by atoms with Crippen molar-refractivity contribution in [3.63, 3.8) is 0 Å². The SMILES string of the molecule is C1=CCC(c2cccc(-c3nc(-c4ccccc4)nc(-c4cccc5oc6ccc(-c7ccc(-c8ccc(-c9ccccc9)cc8)cc7)cc6c45)n3)c2)C=C1. The van der Waals surface area contributed by atoms with Gasteiger partial charge in [0, 0.05) is 33.4 Å². The maximum Gasteiger partial charge on any atom is 0.164 e. The number of aromatic nitrogens is 3. The van der Waals surface area contributed by atoms with E-state index in [2.05, 4.69) is 146 Å². The maximum atomic E-state index is 6.45. The van der Waals surface area contributed by atoms with Gasteiger partial charge < -0.3 is 4.42 Å². The molecule has 1 unspecified atom stereocenters. The molecule has 10 rings (SSSR count). The van der Waals surface area contributed by atoms with Gasteiger partial charge in [0.1, 0.15) is 11.2 Å². The molecule has 0 saturated carbocycles. The minimum Gasteiger partial charge on any atom is -0.456 e. The van der Waals surface area contributed by atoms with E-state index in [-0.39, 0.29) is 0 Å². The fourth-order valence-corrected chi connectivity index (χ4v) is 7.61. The Hall–Kier alpha value is -7.17. The van der Waals surface area contributed by atoms with Gasteiger partial charge >= 0.3 is 0 Å². The molecule has 7 aromatic carbocycles. The summed E-state index contributed by atoms with van der Waals surface area (Å²) in [4.78, 5) is 15.3. The summed E-state index contributed by atoms with van der Waals surface area (Å²) >= 11 is 0. The van der Waals surface area contributed by atoms with Gasteiger partial charge in [-0.1, -0.05) is 170 Å². The van der Waals surface area contributed by atoms with Crippen molar-refractivity contribution < 1.29 is 4.42 Å². The third-order valence-corrected chi connectivity index (χ3v) is 10.5. The molecular formula is C51H35N3O. The molecule has 0 amide bonds. The van der Waals surface area contributed by atoms with Crippen LogP contribution in [-0.4, -0.2) is 15.0 Å². The highest BCUT2D eigenvalue weighted by Gasteiger charge is 2.19. The lowest BCUT2D eigenvalue weighted by Gasteiger charge is -2.15. The van der Waals surface area contributed by atoms with Gasteiger partial charge in [-0.05, 0) is 69.6 Å². The van der Waals surface area contributed by atoms with E-state index in [1.165, 1.54) is 27.8 Å². The van der Waals surface area contributed by atoms with E-state index < -0.39 is 0 Å². The maximum absolute atomic E-state index is 6.45. The average Bonchev–Trinajstić information content (AvgIpc) is 3.66. The van der Waals surface area contributed by atoms with Crippen LogP contribution < -0.4 is 0 Å². The van der Waals surface area contributed by atoms with Gasteiger partial charge in [0.05, 0.1) is 0 Å². The molecule has 1 aliphatic carbocycles. The second-order valence-electron chi connectivity index (χ2n) is 14.0. The van der Waals surface area contributed by atoms with Crippen molar-refractivity contribution in [2.45, 2.75) is 12.3 Å². The molecule has 1 aliphatic rings. The second kappa shape index (κ2) is 14.0. The second-order valence-corrected chi connectivity index (χ2v) is 14.0. The Labute approximate surface area is 319 Å². The highest BCUT2D eigenvalue weighted by atomic mass is 16.3. The zero-order valence-corrected chi connectivity index (χ0v) is 30.0. The molecule has 260 valence electrons. The van der Waals surface area contributed by atoms with Crippen LogP contribution in [0.2, 0.25) is 0 Å². The molecule has 0 spiro atoms. The molecule has 1 atom stereocenters. The van der Waals surface area contributed by atoms with Crippen molar-refractivity contribution in [2.75, 3.05) is 0 Å². The highest BCUT2D eigenvalue weighted by molar-refractivity contribution is 6.12. The molecule has 0 fully saturated rings. The van der Waals surface area contributed by atoms with Crippen molar-refractivity contribution in [1.82, 2.24) is 15.0 Å². The molecule has 0 aliphatic heterocycles. The molecule has 9 aromatic rings. The minimum absolute atomic E-state index is 0.322. The van der Waals surface area contributed by atoms with E-state index in [4.69, 9.17) is 19.4 Å². The Bertz CT molecular complexity index is 2870. The van der Waals surface area contributed by atoms with Crippen molar-refractivity contribution in [2.24, 2.45) is 0 Å². The normalized spacial score (nSPS) is 13.8. The third kappa shape index (κ3) is 6.34.